The normalized spacial score (nSPS) is 19.7. The molecule has 1 aliphatic heterocycles. The van der Waals surface area contributed by atoms with E-state index in [9.17, 15) is 14.0 Å². The molecule has 1 fully saturated rings. The molecule has 0 aliphatic carbocycles. The van der Waals surface area contributed by atoms with Gasteiger partial charge in [-0.25, -0.2) is 4.39 Å². The molecular weight excluding hydrogens is 247 g/mol. The van der Waals surface area contributed by atoms with Gasteiger partial charge < -0.3 is 9.80 Å². The van der Waals surface area contributed by atoms with Gasteiger partial charge in [0.15, 0.2) is 0 Å². The molecule has 1 atom stereocenters. The Hall–Kier alpha value is -1.91. The maximum absolute atomic E-state index is 12.9. The molecule has 0 radical (unpaired) electrons. The Labute approximate surface area is 111 Å². The molecular formula is C14H17FN2O2. The van der Waals surface area contributed by atoms with Crippen LogP contribution in [0.3, 0.4) is 0 Å². The lowest BCUT2D eigenvalue weighted by Gasteiger charge is -2.39. The fraction of sp³-hybridized carbons (Fsp3) is 0.429. The summed E-state index contributed by atoms with van der Waals surface area (Å²) in [6, 6.07) is 5.36. The van der Waals surface area contributed by atoms with E-state index in [1.54, 1.807) is 35.8 Å². The van der Waals surface area contributed by atoms with Gasteiger partial charge in [-0.05, 0) is 31.2 Å². The molecule has 1 aliphatic rings. The number of amides is 2. The van der Waals surface area contributed by atoms with Crippen LogP contribution in [0.2, 0.25) is 0 Å². The standard InChI is InChI=1S/C14H17FN2O2/c1-3-13(18)16-8-9-17(14(19)10(16)2)12-6-4-11(15)5-7-12/h4-7,10H,3,8-9H2,1-2H3/t10-/m0/s1. The van der Waals surface area contributed by atoms with E-state index >= 15 is 0 Å². The summed E-state index contributed by atoms with van der Waals surface area (Å²) in [7, 11) is 0. The number of halogens is 1. The molecule has 1 heterocycles. The minimum atomic E-state index is -0.466. The van der Waals surface area contributed by atoms with Crippen LogP contribution in [-0.2, 0) is 9.59 Å². The second-order valence-corrected chi connectivity index (χ2v) is 4.58. The number of benzene rings is 1. The Morgan fingerprint density at radius 1 is 1.32 bits per heavy atom. The quantitative estimate of drug-likeness (QED) is 0.817. The summed E-state index contributed by atoms with van der Waals surface area (Å²) in [5.41, 5.74) is 0.668. The number of carbonyl (C=O) groups is 2. The van der Waals surface area contributed by atoms with Crippen molar-refractivity contribution in [2.24, 2.45) is 0 Å². The molecule has 102 valence electrons. The first kappa shape index (κ1) is 13.5. The van der Waals surface area contributed by atoms with Crippen molar-refractivity contribution in [2.75, 3.05) is 18.0 Å². The van der Waals surface area contributed by atoms with Gasteiger partial charge in [-0.1, -0.05) is 6.92 Å². The number of nitrogens with zero attached hydrogens (tertiary/aromatic N) is 2. The lowest BCUT2D eigenvalue weighted by atomic mass is 10.1. The number of piperazine rings is 1. The van der Waals surface area contributed by atoms with Gasteiger partial charge in [-0.2, -0.15) is 0 Å². The average Bonchev–Trinajstić information content (AvgIpc) is 2.42. The summed E-state index contributed by atoms with van der Waals surface area (Å²) in [4.78, 5) is 27.2. The summed E-state index contributed by atoms with van der Waals surface area (Å²) < 4.78 is 12.9. The van der Waals surface area contributed by atoms with Crippen LogP contribution in [-0.4, -0.2) is 35.8 Å². The van der Waals surface area contributed by atoms with Gasteiger partial charge >= 0.3 is 0 Å². The number of anilines is 1. The third-order valence-electron chi connectivity index (χ3n) is 3.42. The number of hydrogen-bond donors (Lipinski definition) is 0. The highest BCUT2D eigenvalue weighted by Crippen LogP contribution is 2.21. The van der Waals surface area contributed by atoms with Crippen LogP contribution >= 0.6 is 0 Å². The van der Waals surface area contributed by atoms with E-state index in [0.717, 1.165) is 0 Å². The van der Waals surface area contributed by atoms with Crippen LogP contribution in [0, 0.1) is 5.82 Å². The van der Waals surface area contributed by atoms with E-state index in [1.807, 2.05) is 0 Å². The van der Waals surface area contributed by atoms with Crippen molar-refractivity contribution in [2.45, 2.75) is 26.3 Å². The molecule has 1 aromatic rings. The molecule has 4 nitrogen and oxygen atoms in total. The lowest BCUT2D eigenvalue weighted by molar-refractivity contribution is -0.140. The zero-order chi connectivity index (χ0) is 14.0. The third kappa shape index (κ3) is 2.59. The summed E-state index contributed by atoms with van der Waals surface area (Å²) in [5.74, 6) is -0.469. The van der Waals surface area contributed by atoms with Crippen molar-refractivity contribution in [1.82, 2.24) is 4.90 Å². The summed E-state index contributed by atoms with van der Waals surface area (Å²) in [5, 5.41) is 0. The van der Waals surface area contributed by atoms with Crippen molar-refractivity contribution in [3.8, 4) is 0 Å². The van der Waals surface area contributed by atoms with E-state index in [1.165, 1.54) is 12.1 Å². The molecule has 5 heteroatoms. The molecule has 0 saturated carbocycles. The van der Waals surface area contributed by atoms with Gasteiger partial charge in [0.25, 0.3) is 0 Å². The fourth-order valence-electron chi connectivity index (χ4n) is 2.29. The van der Waals surface area contributed by atoms with Gasteiger partial charge in [0, 0.05) is 25.2 Å². The SMILES string of the molecule is CCC(=O)N1CCN(c2ccc(F)cc2)C(=O)[C@@H]1C. The highest BCUT2D eigenvalue weighted by molar-refractivity contribution is 6.00. The van der Waals surface area contributed by atoms with Crippen LogP contribution in [0.5, 0.6) is 0 Å². The minimum absolute atomic E-state index is 0.0143. The first-order chi connectivity index (χ1) is 9.04. The Morgan fingerprint density at radius 3 is 2.53 bits per heavy atom. The predicted molar refractivity (Wildman–Crippen MR) is 70.2 cm³/mol. The molecule has 19 heavy (non-hydrogen) atoms. The van der Waals surface area contributed by atoms with Gasteiger partial charge in [-0.15, -0.1) is 0 Å². The summed E-state index contributed by atoms with van der Waals surface area (Å²) in [6.45, 7) is 4.47. The topological polar surface area (TPSA) is 40.6 Å². The maximum atomic E-state index is 12.9. The van der Waals surface area contributed by atoms with Crippen molar-refractivity contribution >= 4 is 17.5 Å². The zero-order valence-electron chi connectivity index (χ0n) is 11.1. The van der Waals surface area contributed by atoms with Crippen molar-refractivity contribution in [3.05, 3.63) is 30.1 Å². The minimum Gasteiger partial charge on any atom is -0.329 e. The largest absolute Gasteiger partial charge is 0.329 e. The van der Waals surface area contributed by atoms with Crippen molar-refractivity contribution in [3.63, 3.8) is 0 Å². The molecule has 1 saturated heterocycles. The van der Waals surface area contributed by atoms with E-state index in [-0.39, 0.29) is 17.6 Å². The van der Waals surface area contributed by atoms with Crippen molar-refractivity contribution in [1.29, 1.82) is 0 Å². The second-order valence-electron chi connectivity index (χ2n) is 4.58. The van der Waals surface area contributed by atoms with Gasteiger partial charge in [0.2, 0.25) is 11.8 Å². The highest BCUT2D eigenvalue weighted by Gasteiger charge is 2.34. The maximum Gasteiger partial charge on any atom is 0.249 e. The molecule has 2 amide bonds. The summed E-state index contributed by atoms with van der Waals surface area (Å²) >= 11 is 0. The third-order valence-corrected chi connectivity index (χ3v) is 3.42. The van der Waals surface area contributed by atoms with Crippen LogP contribution in [0.1, 0.15) is 20.3 Å². The van der Waals surface area contributed by atoms with Crippen LogP contribution in [0.15, 0.2) is 24.3 Å². The van der Waals surface area contributed by atoms with E-state index < -0.39 is 6.04 Å². The predicted octanol–water partition coefficient (Wildman–Crippen LogP) is 1.80. The van der Waals surface area contributed by atoms with Crippen LogP contribution in [0.25, 0.3) is 0 Å². The first-order valence-electron chi connectivity index (χ1n) is 6.41. The average molecular weight is 264 g/mol. The smallest absolute Gasteiger partial charge is 0.249 e. The van der Waals surface area contributed by atoms with E-state index in [4.69, 9.17) is 0 Å². The van der Waals surface area contributed by atoms with Crippen LogP contribution < -0.4 is 4.90 Å². The lowest BCUT2D eigenvalue weighted by Crippen LogP contribution is -2.57. The summed E-state index contributed by atoms with van der Waals surface area (Å²) in [6.07, 6.45) is 0.397. The molecule has 1 aromatic carbocycles. The van der Waals surface area contributed by atoms with Gasteiger partial charge in [0.1, 0.15) is 11.9 Å². The van der Waals surface area contributed by atoms with Gasteiger partial charge in [-0.3, -0.25) is 9.59 Å². The van der Waals surface area contributed by atoms with E-state index in [0.29, 0.717) is 25.2 Å². The molecule has 0 unspecified atom stereocenters. The van der Waals surface area contributed by atoms with Crippen molar-refractivity contribution < 1.29 is 14.0 Å². The zero-order valence-corrected chi connectivity index (χ0v) is 11.1. The highest BCUT2D eigenvalue weighted by atomic mass is 19.1. The van der Waals surface area contributed by atoms with Gasteiger partial charge in [0.05, 0.1) is 0 Å². The Balaban J connectivity index is 2.17. The molecule has 0 aromatic heterocycles. The Kier molecular flexibility index (Phi) is 3.83. The molecule has 0 N–H and O–H groups in total. The molecule has 2 rings (SSSR count). The first-order valence-corrected chi connectivity index (χ1v) is 6.41. The number of carbonyl (C=O) groups excluding carboxylic acids is 2. The monoisotopic (exact) mass is 264 g/mol. The number of rotatable bonds is 2. The fourth-order valence-corrected chi connectivity index (χ4v) is 2.29. The number of hydrogen-bond acceptors (Lipinski definition) is 2. The Bertz CT molecular complexity index is 487. The van der Waals surface area contributed by atoms with Crippen LogP contribution in [0.4, 0.5) is 10.1 Å². The van der Waals surface area contributed by atoms with E-state index in [2.05, 4.69) is 0 Å². The Morgan fingerprint density at radius 2 is 1.95 bits per heavy atom. The molecule has 0 spiro atoms. The molecule has 0 bridgehead atoms. The second kappa shape index (κ2) is 5.38.